The molecular weight excluding hydrogens is 296 g/mol. The zero-order valence-electron chi connectivity index (χ0n) is 15.0. The number of hydrogen-bond donors (Lipinski definition) is 1. The molecule has 0 saturated carbocycles. The van der Waals surface area contributed by atoms with Gasteiger partial charge in [0.15, 0.2) is 0 Å². The molecule has 2 N–H and O–H groups in total. The van der Waals surface area contributed by atoms with Gasteiger partial charge in [-0.1, -0.05) is 39.5 Å². The highest BCUT2D eigenvalue weighted by Gasteiger charge is 2.09. The van der Waals surface area contributed by atoms with Crippen LogP contribution in [-0.4, -0.2) is 23.1 Å². The lowest BCUT2D eigenvalue weighted by molar-refractivity contribution is 0.632. The minimum absolute atomic E-state index is 0.550. The first-order chi connectivity index (χ1) is 11.7. The standard InChI is InChI=1S/C20H30N4/c1-3-5-7-13-24(14-8-6-4-2)20-16-18(10-12-23-20)17-9-11-22-19(21)15-17/h9-12,15-16H,3-8,13-14H2,1-2H3,(H2,21,22). The molecule has 0 aliphatic heterocycles. The van der Waals surface area contributed by atoms with Crippen molar-refractivity contribution in [3.63, 3.8) is 0 Å². The summed E-state index contributed by atoms with van der Waals surface area (Å²) in [5, 5.41) is 0. The lowest BCUT2D eigenvalue weighted by atomic mass is 10.1. The van der Waals surface area contributed by atoms with Gasteiger partial charge in [-0.15, -0.1) is 0 Å². The number of hydrogen-bond acceptors (Lipinski definition) is 4. The average molecular weight is 326 g/mol. The molecule has 4 nitrogen and oxygen atoms in total. The van der Waals surface area contributed by atoms with Gasteiger partial charge in [0.05, 0.1) is 0 Å². The second-order valence-corrected chi connectivity index (χ2v) is 6.27. The quantitative estimate of drug-likeness (QED) is 0.630. The van der Waals surface area contributed by atoms with Gasteiger partial charge in [-0.05, 0) is 48.2 Å². The van der Waals surface area contributed by atoms with Crippen LogP contribution in [0.15, 0.2) is 36.7 Å². The molecule has 2 aromatic heterocycles. The van der Waals surface area contributed by atoms with Crippen LogP contribution in [0.25, 0.3) is 11.1 Å². The van der Waals surface area contributed by atoms with Gasteiger partial charge in [-0.25, -0.2) is 9.97 Å². The Morgan fingerprint density at radius 1 is 0.833 bits per heavy atom. The second kappa shape index (κ2) is 9.91. The number of nitrogen functional groups attached to an aromatic ring is 1. The van der Waals surface area contributed by atoms with Crippen molar-refractivity contribution in [2.24, 2.45) is 0 Å². The number of rotatable bonds is 10. The van der Waals surface area contributed by atoms with Crippen LogP contribution in [-0.2, 0) is 0 Å². The van der Waals surface area contributed by atoms with Crippen molar-refractivity contribution in [3.05, 3.63) is 36.7 Å². The molecule has 0 fully saturated rings. The number of aromatic nitrogens is 2. The molecule has 0 unspecified atom stereocenters. The number of nitrogens with two attached hydrogens (primary N) is 1. The van der Waals surface area contributed by atoms with Crippen molar-refractivity contribution in [2.75, 3.05) is 23.7 Å². The predicted octanol–water partition coefficient (Wildman–Crippen LogP) is 4.91. The van der Waals surface area contributed by atoms with Gasteiger partial charge >= 0.3 is 0 Å². The first-order valence-electron chi connectivity index (χ1n) is 9.17. The van der Waals surface area contributed by atoms with Gasteiger partial charge in [-0.3, -0.25) is 0 Å². The van der Waals surface area contributed by atoms with E-state index in [9.17, 15) is 0 Å². The minimum Gasteiger partial charge on any atom is -0.384 e. The van der Waals surface area contributed by atoms with Crippen molar-refractivity contribution < 1.29 is 0 Å². The molecule has 0 aromatic carbocycles. The normalized spacial score (nSPS) is 10.8. The third kappa shape index (κ3) is 5.52. The van der Waals surface area contributed by atoms with E-state index >= 15 is 0 Å². The predicted molar refractivity (Wildman–Crippen MR) is 103 cm³/mol. The molecular formula is C20H30N4. The van der Waals surface area contributed by atoms with Crippen molar-refractivity contribution in [1.29, 1.82) is 0 Å². The Kier molecular flexibility index (Phi) is 7.53. The molecule has 2 heterocycles. The maximum absolute atomic E-state index is 5.82. The Morgan fingerprint density at radius 3 is 2.00 bits per heavy atom. The summed E-state index contributed by atoms with van der Waals surface area (Å²) in [4.78, 5) is 11.1. The molecule has 0 bridgehead atoms. The van der Waals surface area contributed by atoms with Crippen molar-refractivity contribution >= 4 is 11.6 Å². The Morgan fingerprint density at radius 2 is 1.42 bits per heavy atom. The van der Waals surface area contributed by atoms with Crippen molar-refractivity contribution in [1.82, 2.24) is 9.97 Å². The molecule has 4 heteroatoms. The fourth-order valence-electron chi connectivity index (χ4n) is 2.85. The number of pyridine rings is 2. The van der Waals surface area contributed by atoms with Crippen LogP contribution in [0, 0.1) is 0 Å². The van der Waals surface area contributed by atoms with Crippen LogP contribution < -0.4 is 10.6 Å². The summed E-state index contributed by atoms with van der Waals surface area (Å²) >= 11 is 0. The molecule has 0 saturated heterocycles. The maximum atomic E-state index is 5.82. The number of anilines is 2. The first-order valence-corrected chi connectivity index (χ1v) is 9.17. The molecule has 24 heavy (non-hydrogen) atoms. The van der Waals surface area contributed by atoms with Crippen LogP contribution in [0.5, 0.6) is 0 Å². The molecule has 0 aliphatic carbocycles. The highest BCUT2D eigenvalue weighted by molar-refractivity contribution is 5.68. The summed E-state index contributed by atoms with van der Waals surface area (Å²) in [6, 6.07) is 8.12. The second-order valence-electron chi connectivity index (χ2n) is 6.27. The van der Waals surface area contributed by atoms with Crippen LogP contribution >= 0.6 is 0 Å². The van der Waals surface area contributed by atoms with Crippen LogP contribution in [0.2, 0.25) is 0 Å². The SMILES string of the molecule is CCCCCN(CCCCC)c1cc(-c2ccnc(N)c2)ccn1. The molecule has 0 radical (unpaired) electrons. The van der Waals surface area contributed by atoms with E-state index in [-0.39, 0.29) is 0 Å². The van der Waals surface area contributed by atoms with Gasteiger partial charge in [0.1, 0.15) is 11.6 Å². The Bertz CT molecular complexity index is 602. The van der Waals surface area contributed by atoms with Crippen molar-refractivity contribution in [3.8, 4) is 11.1 Å². The fourth-order valence-corrected chi connectivity index (χ4v) is 2.85. The van der Waals surface area contributed by atoms with Crippen LogP contribution in [0.4, 0.5) is 11.6 Å². The maximum Gasteiger partial charge on any atom is 0.129 e. The first kappa shape index (κ1) is 18.2. The highest BCUT2D eigenvalue weighted by atomic mass is 15.2. The van der Waals surface area contributed by atoms with Gasteiger partial charge in [0, 0.05) is 25.5 Å². The summed E-state index contributed by atoms with van der Waals surface area (Å²) in [7, 11) is 0. The van der Waals surface area contributed by atoms with Crippen molar-refractivity contribution in [2.45, 2.75) is 52.4 Å². The molecule has 130 valence electrons. The monoisotopic (exact) mass is 326 g/mol. The lowest BCUT2D eigenvalue weighted by Gasteiger charge is -2.24. The number of unbranched alkanes of at least 4 members (excludes halogenated alkanes) is 4. The molecule has 0 aliphatic rings. The van der Waals surface area contributed by atoms with Gasteiger partial charge in [0.25, 0.3) is 0 Å². The van der Waals surface area contributed by atoms with Crippen LogP contribution in [0.1, 0.15) is 52.4 Å². The van der Waals surface area contributed by atoms with Gasteiger partial charge in [-0.2, -0.15) is 0 Å². The molecule has 0 spiro atoms. The van der Waals surface area contributed by atoms with E-state index < -0.39 is 0 Å². The summed E-state index contributed by atoms with van der Waals surface area (Å²) in [6.45, 7) is 6.64. The van der Waals surface area contributed by atoms with E-state index in [2.05, 4.69) is 34.8 Å². The minimum atomic E-state index is 0.550. The van der Waals surface area contributed by atoms with Gasteiger partial charge < -0.3 is 10.6 Å². The Hall–Kier alpha value is -2.10. The molecule has 0 atom stereocenters. The fraction of sp³-hybridized carbons (Fsp3) is 0.500. The molecule has 2 rings (SSSR count). The third-order valence-electron chi connectivity index (χ3n) is 4.25. The highest BCUT2D eigenvalue weighted by Crippen LogP contribution is 2.24. The largest absolute Gasteiger partial charge is 0.384 e. The molecule has 0 amide bonds. The smallest absolute Gasteiger partial charge is 0.129 e. The number of nitrogens with zero attached hydrogens (tertiary/aromatic N) is 3. The van der Waals surface area contributed by atoms with Crippen LogP contribution in [0.3, 0.4) is 0 Å². The van der Waals surface area contributed by atoms with E-state index in [0.717, 1.165) is 30.0 Å². The topological polar surface area (TPSA) is 55.0 Å². The van der Waals surface area contributed by atoms with E-state index in [1.54, 1.807) is 6.20 Å². The zero-order valence-corrected chi connectivity index (χ0v) is 15.0. The average Bonchev–Trinajstić information content (AvgIpc) is 2.61. The Labute approximate surface area is 146 Å². The summed E-state index contributed by atoms with van der Waals surface area (Å²) in [5.41, 5.74) is 8.05. The van der Waals surface area contributed by atoms with E-state index in [0.29, 0.717) is 5.82 Å². The zero-order chi connectivity index (χ0) is 17.2. The third-order valence-corrected chi connectivity index (χ3v) is 4.25. The summed E-state index contributed by atoms with van der Waals surface area (Å²) in [6.07, 6.45) is 11.1. The van der Waals surface area contributed by atoms with E-state index in [1.807, 2.05) is 24.4 Å². The Balaban J connectivity index is 2.17. The summed E-state index contributed by atoms with van der Waals surface area (Å²) < 4.78 is 0. The van der Waals surface area contributed by atoms with E-state index in [1.165, 1.54) is 38.5 Å². The van der Waals surface area contributed by atoms with E-state index in [4.69, 9.17) is 5.73 Å². The van der Waals surface area contributed by atoms with Gasteiger partial charge in [0.2, 0.25) is 0 Å². The molecule has 2 aromatic rings. The lowest BCUT2D eigenvalue weighted by Crippen LogP contribution is -2.26. The summed E-state index contributed by atoms with van der Waals surface area (Å²) in [5.74, 6) is 1.61.